The van der Waals surface area contributed by atoms with Crippen LogP contribution in [-0.2, 0) is 13.0 Å². The van der Waals surface area contributed by atoms with Crippen LogP contribution < -0.4 is 5.48 Å². The first-order chi connectivity index (χ1) is 13.2. The van der Waals surface area contributed by atoms with E-state index in [0.717, 1.165) is 34.9 Å². The van der Waals surface area contributed by atoms with Crippen molar-refractivity contribution in [3.05, 3.63) is 77.0 Å². The molecule has 0 radical (unpaired) electrons. The predicted molar refractivity (Wildman–Crippen MR) is 100 cm³/mol. The van der Waals surface area contributed by atoms with E-state index < -0.39 is 5.91 Å². The number of nitrogens with zero attached hydrogens (tertiary/aromatic N) is 2. The first kappa shape index (κ1) is 17.2. The smallest absolute Gasteiger partial charge is 0.274 e. The Labute approximate surface area is 156 Å². The third-order valence-electron chi connectivity index (χ3n) is 4.93. The predicted octanol–water partition coefficient (Wildman–Crippen LogP) is 2.94. The van der Waals surface area contributed by atoms with Crippen molar-refractivity contribution in [2.45, 2.75) is 19.4 Å². The summed E-state index contributed by atoms with van der Waals surface area (Å²) in [5.74, 6) is -0.574. The Morgan fingerprint density at radius 2 is 1.89 bits per heavy atom. The summed E-state index contributed by atoms with van der Waals surface area (Å²) >= 11 is 0. The highest BCUT2D eigenvalue weighted by Gasteiger charge is 2.21. The van der Waals surface area contributed by atoms with Gasteiger partial charge in [-0.1, -0.05) is 24.3 Å². The Kier molecular flexibility index (Phi) is 4.56. The Balaban J connectivity index is 1.60. The van der Waals surface area contributed by atoms with Crippen LogP contribution in [0.3, 0.4) is 0 Å². The minimum absolute atomic E-state index is 0.0433. The fourth-order valence-electron chi connectivity index (χ4n) is 3.51. The quantitative estimate of drug-likeness (QED) is 0.543. The number of rotatable bonds is 2. The molecule has 0 saturated heterocycles. The van der Waals surface area contributed by atoms with E-state index in [4.69, 9.17) is 5.21 Å². The highest BCUT2D eigenvalue weighted by Crippen LogP contribution is 2.22. The lowest BCUT2D eigenvalue weighted by Gasteiger charge is -2.21. The van der Waals surface area contributed by atoms with Crippen molar-refractivity contribution in [2.75, 3.05) is 6.54 Å². The number of hydrogen-bond acceptors (Lipinski definition) is 4. The van der Waals surface area contributed by atoms with Gasteiger partial charge in [0.1, 0.15) is 0 Å². The number of para-hydroxylation sites is 1. The van der Waals surface area contributed by atoms with E-state index >= 15 is 0 Å². The summed E-state index contributed by atoms with van der Waals surface area (Å²) in [6, 6.07) is 14.9. The second kappa shape index (κ2) is 7.17. The summed E-state index contributed by atoms with van der Waals surface area (Å²) in [7, 11) is 0. The number of fused-ring (bicyclic) bond motifs is 2. The number of carbonyl (C=O) groups is 2. The van der Waals surface area contributed by atoms with Crippen LogP contribution in [0, 0.1) is 0 Å². The number of aromatic nitrogens is 1. The van der Waals surface area contributed by atoms with Crippen molar-refractivity contribution >= 4 is 22.7 Å². The molecule has 0 fully saturated rings. The van der Waals surface area contributed by atoms with Crippen molar-refractivity contribution in [3.63, 3.8) is 0 Å². The van der Waals surface area contributed by atoms with E-state index in [9.17, 15) is 9.59 Å². The third kappa shape index (κ3) is 3.39. The Morgan fingerprint density at radius 3 is 2.74 bits per heavy atom. The number of hydroxylamine groups is 1. The molecule has 2 amide bonds. The van der Waals surface area contributed by atoms with E-state index in [1.54, 1.807) is 23.8 Å². The molecule has 3 aromatic rings. The molecule has 0 bridgehead atoms. The monoisotopic (exact) mass is 361 g/mol. The summed E-state index contributed by atoms with van der Waals surface area (Å²) in [4.78, 5) is 30.8. The molecule has 0 atom stereocenters. The minimum Gasteiger partial charge on any atom is -0.334 e. The van der Waals surface area contributed by atoms with E-state index in [0.29, 0.717) is 24.2 Å². The van der Waals surface area contributed by atoms with Crippen LogP contribution in [-0.4, -0.2) is 33.5 Å². The zero-order valence-electron chi connectivity index (χ0n) is 14.7. The molecule has 0 unspecified atom stereocenters. The van der Waals surface area contributed by atoms with Gasteiger partial charge in [-0.15, -0.1) is 0 Å². The fraction of sp³-hybridized carbons (Fsp3) is 0.190. The Morgan fingerprint density at radius 1 is 1.04 bits per heavy atom. The zero-order valence-corrected chi connectivity index (χ0v) is 14.7. The second-order valence-electron chi connectivity index (χ2n) is 6.67. The SMILES string of the molecule is O=C(NO)c1ccc2c(c1)CCCN(C(=O)c1cnc3ccccc3c1)C2. The number of nitrogens with one attached hydrogen (secondary N) is 1. The van der Waals surface area contributed by atoms with Crippen LogP contribution in [0.25, 0.3) is 10.9 Å². The maximum absolute atomic E-state index is 13.0. The number of benzene rings is 2. The fourth-order valence-corrected chi connectivity index (χ4v) is 3.51. The highest BCUT2D eigenvalue weighted by atomic mass is 16.5. The molecule has 27 heavy (non-hydrogen) atoms. The molecule has 0 spiro atoms. The number of amides is 2. The van der Waals surface area contributed by atoms with Crippen molar-refractivity contribution in [3.8, 4) is 0 Å². The average molecular weight is 361 g/mol. The molecule has 1 aliphatic heterocycles. The van der Waals surface area contributed by atoms with Gasteiger partial charge in [-0.05, 0) is 48.2 Å². The Bertz CT molecular complexity index is 1030. The maximum atomic E-state index is 13.0. The van der Waals surface area contributed by atoms with Crippen LogP contribution in [0.5, 0.6) is 0 Å². The molecule has 2 N–H and O–H groups in total. The standard InChI is InChI=1S/C21H19N3O3/c25-20(23-27)16-7-8-17-13-24(9-3-5-14(17)10-16)21(26)18-11-15-4-1-2-6-19(15)22-12-18/h1-2,4,6-8,10-12,27H,3,5,9,13H2,(H,23,25). The van der Waals surface area contributed by atoms with Crippen molar-refractivity contribution in [2.24, 2.45) is 0 Å². The molecular weight excluding hydrogens is 342 g/mol. The molecule has 2 heterocycles. The summed E-state index contributed by atoms with van der Waals surface area (Å²) in [5, 5.41) is 9.75. The number of hydrogen-bond donors (Lipinski definition) is 2. The normalized spacial score (nSPS) is 13.7. The molecule has 6 nitrogen and oxygen atoms in total. The number of aryl methyl sites for hydroxylation is 1. The number of carbonyl (C=O) groups excluding carboxylic acids is 2. The third-order valence-corrected chi connectivity index (χ3v) is 4.93. The van der Waals surface area contributed by atoms with Gasteiger partial charge in [0.05, 0.1) is 11.1 Å². The van der Waals surface area contributed by atoms with Crippen LogP contribution in [0.4, 0.5) is 0 Å². The van der Waals surface area contributed by atoms with Gasteiger partial charge in [0.15, 0.2) is 0 Å². The van der Waals surface area contributed by atoms with Crippen LogP contribution >= 0.6 is 0 Å². The molecule has 0 aliphatic carbocycles. The lowest BCUT2D eigenvalue weighted by molar-refractivity contribution is 0.0705. The molecule has 6 heteroatoms. The van der Waals surface area contributed by atoms with Crippen molar-refractivity contribution < 1.29 is 14.8 Å². The van der Waals surface area contributed by atoms with Gasteiger partial charge in [-0.2, -0.15) is 0 Å². The molecule has 0 saturated carbocycles. The zero-order chi connectivity index (χ0) is 18.8. The first-order valence-corrected chi connectivity index (χ1v) is 8.86. The summed E-state index contributed by atoms with van der Waals surface area (Å²) in [6.45, 7) is 1.13. The molecule has 4 rings (SSSR count). The Hall–Kier alpha value is -3.25. The largest absolute Gasteiger partial charge is 0.334 e. The van der Waals surface area contributed by atoms with Gasteiger partial charge in [0.25, 0.3) is 11.8 Å². The van der Waals surface area contributed by atoms with Crippen molar-refractivity contribution in [1.29, 1.82) is 0 Å². The molecule has 1 aromatic heterocycles. The van der Waals surface area contributed by atoms with Gasteiger partial charge in [-0.3, -0.25) is 19.8 Å². The molecule has 2 aromatic carbocycles. The van der Waals surface area contributed by atoms with Gasteiger partial charge >= 0.3 is 0 Å². The lowest BCUT2D eigenvalue weighted by Crippen LogP contribution is -2.30. The molecule has 136 valence electrons. The van der Waals surface area contributed by atoms with Crippen LogP contribution in [0.2, 0.25) is 0 Å². The topological polar surface area (TPSA) is 82.5 Å². The van der Waals surface area contributed by atoms with Gasteiger partial charge in [0, 0.05) is 30.2 Å². The highest BCUT2D eigenvalue weighted by molar-refractivity contribution is 5.97. The van der Waals surface area contributed by atoms with E-state index in [-0.39, 0.29) is 5.91 Å². The minimum atomic E-state index is -0.530. The van der Waals surface area contributed by atoms with Gasteiger partial charge in [-0.25, -0.2) is 5.48 Å². The van der Waals surface area contributed by atoms with E-state index in [1.165, 1.54) is 0 Å². The van der Waals surface area contributed by atoms with E-state index in [2.05, 4.69) is 4.98 Å². The summed E-state index contributed by atoms with van der Waals surface area (Å²) < 4.78 is 0. The molecular formula is C21H19N3O3. The summed E-state index contributed by atoms with van der Waals surface area (Å²) in [6.07, 6.45) is 3.22. The molecule has 1 aliphatic rings. The van der Waals surface area contributed by atoms with Crippen molar-refractivity contribution in [1.82, 2.24) is 15.4 Å². The lowest BCUT2D eigenvalue weighted by atomic mass is 10.0. The van der Waals surface area contributed by atoms with Crippen LogP contribution in [0.1, 0.15) is 38.3 Å². The number of pyridine rings is 1. The van der Waals surface area contributed by atoms with Gasteiger partial charge < -0.3 is 4.90 Å². The first-order valence-electron chi connectivity index (χ1n) is 8.86. The average Bonchev–Trinajstić information content (AvgIpc) is 2.94. The summed E-state index contributed by atoms with van der Waals surface area (Å²) in [5.41, 5.74) is 5.56. The van der Waals surface area contributed by atoms with Gasteiger partial charge in [0.2, 0.25) is 0 Å². The second-order valence-corrected chi connectivity index (χ2v) is 6.67. The maximum Gasteiger partial charge on any atom is 0.274 e. The van der Waals surface area contributed by atoms with Crippen LogP contribution in [0.15, 0.2) is 54.7 Å². The van der Waals surface area contributed by atoms with E-state index in [1.807, 2.05) is 41.3 Å².